The summed E-state index contributed by atoms with van der Waals surface area (Å²) >= 11 is 0. The Bertz CT molecular complexity index is 1320. The van der Waals surface area contributed by atoms with E-state index in [0.29, 0.717) is 33.3 Å². The number of ketones is 1. The Kier molecular flexibility index (Phi) is 4.77. The number of H-pyrrole nitrogens is 1. The van der Waals surface area contributed by atoms with Gasteiger partial charge in [-0.2, -0.15) is 0 Å². The largest absolute Gasteiger partial charge is 0.508 e. The molecule has 5 N–H and O–H groups in total. The highest BCUT2D eigenvalue weighted by molar-refractivity contribution is 6.12. The molecule has 0 aliphatic heterocycles. The number of fused-ring (bicyclic) bond motifs is 1. The summed E-state index contributed by atoms with van der Waals surface area (Å²) < 4.78 is 0. The summed E-state index contributed by atoms with van der Waals surface area (Å²) in [7, 11) is 0. The molecule has 0 spiro atoms. The van der Waals surface area contributed by atoms with Crippen LogP contribution < -0.4 is 5.73 Å². The average molecular weight is 399 g/mol. The van der Waals surface area contributed by atoms with Gasteiger partial charge in [0.25, 0.3) is 0 Å². The monoisotopic (exact) mass is 399 g/mol. The second kappa shape index (κ2) is 7.56. The van der Waals surface area contributed by atoms with Crippen molar-refractivity contribution >= 4 is 34.5 Å². The summed E-state index contributed by atoms with van der Waals surface area (Å²) in [5, 5.41) is 20.5. The van der Waals surface area contributed by atoms with Gasteiger partial charge in [-0.15, -0.1) is 0 Å². The topological polar surface area (TPSA) is 129 Å². The number of amides is 1. The Morgan fingerprint density at radius 3 is 2.40 bits per heavy atom. The molecule has 0 aliphatic carbocycles. The van der Waals surface area contributed by atoms with Gasteiger partial charge in [-0.05, 0) is 30.3 Å². The molecule has 7 nitrogen and oxygen atoms in total. The van der Waals surface area contributed by atoms with Crippen molar-refractivity contribution in [3.63, 3.8) is 0 Å². The van der Waals surface area contributed by atoms with Gasteiger partial charge in [0.05, 0.1) is 11.3 Å². The van der Waals surface area contributed by atoms with Gasteiger partial charge < -0.3 is 20.9 Å². The number of phenols is 1. The number of hydrogen-bond donors (Lipinski definition) is 4. The molecule has 0 unspecified atom stereocenters. The minimum absolute atomic E-state index is 0.0887. The second-order valence-electron chi connectivity index (χ2n) is 6.70. The van der Waals surface area contributed by atoms with Crippen molar-refractivity contribution in [2.75, 3.05) is 0 Å². The highest BCUT2D eigenvalue weighted by Crippen LogP contribution is 2.28. The Hall–Kier alpha value is -4.39. The van der Waals surface area contributed by atoms with E-state index < -0.39 is 5.91 Å². The molecule has 30 heavy (non-hydrogen) atoms. The third-order valence-corrected chi connectivity index (χ3v) is 4.66. The van der Waals surface area contributed by atoms with E-state index in [4.69, 9.17) is 5.73 Å². The van der Waals surface area contributed by atoms with Crippen LogP contribution in [0.3, 0.4) is 0 Å². The summed E-state index contributed by atoms with van der Waals surface area (Å²) in [5.41, 5.74) is 7.82. The van der Waals surface area contributed by atoms with Crippen LogP contribution in [0.1, 0.15) is 31.8 Å². The zero-order valence-electron chi connectivity index (χ0n) is 15.7. The van der Waals surface area contributed by atoms with Gasteiger partial charge in [-0.25, -0.2) is 0 Å². The molecule has 7 heteroatoms. The van der Waals surface area contributed by atoms with Crippen LogP contribution in [0.4, 0.5) is 5.69 Å². The van der Waals surface area contributed by atoms with Crippen LogP contribution in [-0.2, 0) is 0 Å². The smallest absolute Gasteiger partial charge is 0.248 e. The first-order chi connectivity index (χ1) is 14.4. The van der Waals surface area contributed by atoms with E-state index in [9.17, 15) is 19.8 Å². The molecule has 148 valence electrons. The molecule has 0 saturated heterocycles. The maximum Gasteiger partial charge on any atom is 0.248 e. The van der Waals surface area contributed by atoms with Crippen molar-refractivity contribution in [1.82, 2.24) is 4.98 Å². The molecule has 0 saturated carbocycles. The molecule has 4 rings (SSSR count). The third-order valence-electron chi connectivity index (χ3n) is 4.66. The number of aromatic nitrogens is 1. The summed E-state index contributed by atoms with van der Waals surface area (Å²) in [6, 6.07) is 17.6. The number of aliphatic imine (C=N–C) groups is 1. The van der Waals surface area contributed by atoms with E-state index in [1.54, 1.807) is 54.6 Å². The van der Waals surface area contributed by atoms with Crippen LogP contribution in [0.25, 0.3) is 10.9 Å². The second-order valence-corrected chi connectivity index (χ2v) is 6.70. The Morgan fingerprint density at radius 2 is 1.63 bits per heavy atom. The van der Waals surface area contributed by atoms with Gasteiger partial charge in [0, 0.05) is 39.9 Å². The van der Waals surface area contributed by atoms with Gasteiger partial charge in [-0.3, -0.25) is 14.6 Å². The molecule has 0 atom stereocenters. The first-order valence-corrected chi connectivity index (χ1v) is 9.05. The summed E-state index contributed by atoms with van der Waals surface area (Å²) in [6.45, 7) is 0. The zero-order chi connectivity index (χ0) is 21.3. The molecular formula is C23H17N3O4. The fraction of sp³-hybridized carbons (Fsp3) is 0. The molecule has 0 bridgehead atoms. The van der Waals surface area contributed by atoms with E-state index in [2.05, 4.69) is 9.98 Å². The quantitative estimate of drug-likeness (QED) is 0.301. The number of hydrogen-bond acceptors (Lipinski definition) is 5. The number of carbonyl (C=O) groups excluding carboxylic acids is 2. The molecule has 3 aromatic carbocycles. The van der Waals surface area contributed by atoms with Crippen LogP contribution in [-0.4, -0.2) is 33.1 Å². The minimum atomic E-state index is -0.606. The fourth-order valence-corrected chi connectivity index (χ4v) is 3.17. The number of nitrogens with two attached hydrogens (primary N) is 1. The lowest BCUT2D eigenvalue weighted by atomic mass is 10.00. The molecule has 1 amide bonds. The van der Waals surface area contributed by atoms with Gasteiger partial charge in [0.1, 0.15) is 5.75 Å². The lowest BCUT2D eigenvalue weighted by molar-refractivity contribution is 0.1000. The van der Waals surface area contributed by atoms with Crippen molar-refractivity contribution < 1.29 is 19.8 Å². The summed E-state index contributed by atoms with van der Waals surface area (Å²) in [5.74, 6) is -0.875. The van der Waals surface area contributed by atoms with Crippen LogP contribution in [0.5, 0.6) is 11.6 Å². The number of aromatic hydroxyl groups is 2. The van der Waals surface area contributed by atoms with E-state index >= 15 is 0 Å². The molecule has 0 aliphatic rings. The average Bonchev–Trinajstić information content (AvgIpc) is 3.06. The SMILES string of the molecule is NC(=O)c1cccc(C(=O)c2ccc3c(C=Nc4cccc(O)c4)c(O)[nH]c3c2)c1. The van der Waals surface area contributed by atoms with Crippen molar-refractivity contribution in [2.45, 2.75) is 0 Å². The molecule has 0 fully saturated rings. The third kappa shape index (κ3) is 3.64. The number of nitrogens with one attached hydrogen (secondary N) is 1. The van der Waals surface area contributed by atoms with E-state index in [1.165, 1.54) is 18.3 Å². The number of carbonyl (C=O) groups is 2. The lowest BCUT2D eigenvalue weighted by Gasteiger charge is -2.03. The highest BCUT2D eigenvalue weighted by atomic mass is 16.3. The maximum atomic E-state index is 12.8. The Labute approximate surface area is 171 Å². The Morgan fingerprint density at radius 1 is 0.900 bits per heavy atom. The number of phenolic OH excluding ortho intramolecular Hbond substituents is 1. The molecule has 1 heterocycles. The van der Waals surface area contributed by atoms with E-state index in [0.717, 1.165) is 0 Å². The maximum absolute atomic E-state index is 12.8. The summed E-state index contributed by atoms with van der Waals surface area (Å²) in [6.07, 6.45) is 1.49. The van der Waals surface area contributed by atoms with E-state index in [1.807, 2.05) is 0 Å². The van der Waals surface area contributed by atoms with Gasteiger partial charge in [-0.1, -0.05) is 30.3 Å². The zero-order valence-corrected chi connectivity index (χ0v) is 15.7. The summed E-state index contributed by atoms with van der Waals surface area (Å²) in [4.78, 5) is 31.3. The highest BCUT2D eigenvalue weighted by Gasteiger charge is 2.15. The standard InChI is InChI=1S/C23H17N3O4/c24-22(29)15-4-1-3-13(9-15)21(28)14-7-8-18-19(23(30)26-20(18)10-14)12-25-16-5-2-6-17(27)11-16/h1-12,26-27,30H,(H2,24,29). The van der Waals surface area contributed by atoms with Gasteiger partial charge in [0.2, 0.25) is 5.91 Å². The predicted octanol–water partition coefficient (Wildman–Crippen LogP) is 3.66. The van der Waals surface area contributed by atoms with Crippen LogP contribution >= 0.6 is 0 Å². The van der Waals surface area contributed by atoms with Gasteiger partial charge >= 0.3 is 0 Å². The number of primary amides is 1. The number of rotatable bonds is 5. The molecule has 0 radical (unpaired) electrons. The Balaban J connectivity index is 1.68. The van der Waals surface area contributed by atoms with Crippen molar-refractivity contribution in [3.8, 4) is 11.6 Å². The normalized spacial score (nSPS) is 11.2. The first kappa shape index (κ1) is 18.9. The van der Waals surface area contributed by atoms with Crippen molar-refractivity contribution in [3.05, 3.63) is 89.0 Å². The van der Waals surface area contributed by atoms with Crippen LogP contribution in [0, 0.1) is 0 Å². The first-order valence-electron chi connectivity index (χ1n) is 9.05. The minimum Gasteiger partial charge on any atom is -0.508 e. The van der Waals surface area contributed by atoms with Crippen LogP contribution in [0.2, 0.25) is 0 Å². The molecule has 1 aromatic heterocycles. The van der Waals surface area contributed by atoms with Gasteiger partial charge in [0.15, 0.2) is 11.7 Å². The number of aromatic amines is 1. The number of nitrogens with zero attached hydrogens (tertiary/aromatic N) is 1. The van der Waals surface area contributed by atoms with Crippen LogP contribution in [0.15, 0.2) is 71.7 Å². The lowest BCUT2D eigenvalue weighted by Crippen LogP contribution is -2.12. The molecular weight excluding hydrogens is 382 g/mol. The van der Waals surface area contributed by atoms with E-state index in [-0.39, 0.29) is 23.0 Å². The van der Waals surface area contributed by atoms with Crippen molar-refractivity contribution in [1.29, 1.82) is 0 Å². The molecule has 4 aromatic rings. The predicted molar refractivity (Wildman–Crippen MR) is 114 cm³/mol. The number of benzene rings is 3. The fourth-order valence-electron chi connectivity index (χ4n) is 3.17. The van der Waals surface area contributed by atoms with Crippen molar-refractivity contribution in [2.24, 2.45) is 10.7 Å².